The first-order valence-electron chi connectivity index (χ1n) is 9.08. The quantitative estimate of drug-likeness (QED) is 0.872. The van der Waals surface area contributed by atoms with Crippen LogP contribution < -0.4 is 5.32 Å². The highest BCUT2D eigenvalue weighted by atomic mass is 19.1. The SMILES string of the molecule is CC(C)(O)C1CCC(NC(=O)c2ccc(-c3cccc(F)c3)nc2)CC1. The Balaban J connectivity index is 1.59. The molecule has 1 saturated carbocycles. The number of carbonyl (C=O) groups excluding carboxylic acids is 1. The van der Waals surface area contributed by atoms with E-state index in [1.165, 1.54) is 18.3 Å². The number of halogens is 1. The van der Waals surface area contributed by atoms with Crippen molar-refractivity contribution < 1.29 is 14.3 Å². The van der Waals surface area contributed by atoms with Crippen LogP contribution in [0.4, 0.5) is 4.39 Å². The van der Waals surface area contributed by atoms with Crippen LogP contribution in [0.1, 0.15) is 49.9 Å². The molecule has 0 atom stereocenters. The molecule has 138 valence electrons. The van der Waals surface area contributed by atoms with Gasteiger partial charge in [0, 0.05) is 17.8 Å². The highest BCUT2D eigenvalue weighted by Crippen LogP contribution is 2.32. The summed E-state index contributed by atoms with van der Waals surface area (Å²) < 4.78 is 13.3. The largest absolute Gasteiger partial charge is 0.390 e. The lowest BCUT2D eigenvalue weighted by molar-refractivity contribution is -0.00257. The summed E-state index contributed by atoms with van der Waals surface area (Å²) >= 11 is 0. The normalized spacial score (nSPS) is 20.6. The first kappa shape index (κ1) is 18.5. The molecule has 0 radical (unpaired) electrons. The molecule has 1 heterocycles. The fourth-order valence-electron chi connectivity index (χ4n) is 3.56. The Morgan fingerprint density at radius 2 is 1.92 bits per heavy atom. The Bertz CT molecular complexity index is 760. The molecule has 1 aliphatic rings. The number of amides is 1. The number of benzene rings is 1. The van der Waals surface area contributed by atoms with Crippen LogP contribution >= 0.6 is 0 Å². The van der Waals surface area contributed by atoms with Crippen LogP contribution in [0.15, 0.2) is 42.6 Å². The summed E-state index contributed by atoms with van der Waals surface area (Å²) in [6.07, 6.45) is 5.08. The third-order valence-electron chi connectivity index (χ3n) is 5.21. The summed E-state index contributed by atoms with van der Waals surface area (Å²) in [5.74, 6) is -0.175. The molecule has 26 heavy (non-hydrogen) atoms. The van der Waals surface area contributed by atoms with Crippen LogP contribution in [-0.4, -0.2) is 27.6 Å². The number of aromatic nitrogens is 1. The first-order chi connectivity index (χ1) is 12.3. The average Bonchev–Trinajstić information content (AvgIpc) is 2.61. The van der Waals surface area contributed by atoms with Crippen molar-refractivity contribution in [3.63, 3.8) is 0 Å². The molecule has 0 aliphatic heterocycles. The number of rotatable bonds is 4. The standard InChI is InChI=1S/C21H25FN2O2/c1-21(2,26)16-7-9-18(10-8-16)24-20(25)15-6-11-19(23-13-15)14-4-3-5-17(22)12-14/h3-6,11-13,16,18,26H,7-10H2,1-2H3,(H,24,25). The number of carbonyl (C=O) groups is 1. The van der Waals surface area contributed by atoms with Gasteiger partial charge in [-0.25, -0.2) is 4.39 Å². The second kappa shape index (κ2) is 7.54. The van der Waals surface area contributed by atoms with E-state index in [2.05, 4.69) is 10.3 Å². The van der Waals surface area contributed by atoms with Gasteiger partial charge in [0.1, 0.15) is 5.82 Å². The van der Waals surface area contributed by atoms with Gasteiger partial charge in [-0.05, 0) is 69.7 Å². The van der Waals surface area contributed by atoms with E-state index in [4.69, 9.17) is 0 Å². The minimum absolute atomic E-state index is 0.129. The van der Waals surface area contributed by atoms with Crippen molar-refractivity contribution in [2.24, 2.45) is 5.92 Å². The molecule has 0 unspecified atom stereocenters. The van der Waals surface area contributed by atoms with E-state index in [9.17, 15) is 14.3 Å². The van der Waals surface area contributed by atoms with Gasteiger partial charge in [0.25, 0.3) is 5.91 Å². The van der Waals surface area contributed by atoms with Crippen LogP contribution in [0.3, 0.4) is 0 Å². The molecule has 5 heteroatoms. The van der Waals surface area contributed by atoms with Crippen LogP contribution in [0.25, 0.3) is 11.3 Å². The number of hydrogen-bond donors (Lipinski definition) is 2. The van der Waals surface area contributed by atoms with Crippen molar-refractivity contribution in [3.8, 4) is 11.3 Å². The monoisotopic (exact) mass is 356 g/mol. The molecule has 1 aliphatic carbocycles. The van der Waals surface area contributed by atoms with E-state index < -0.39 is 5.60 Å². The van der Waals surface area contributed by atoms with Crippen molar-refractivity contribution >= 4 is 5.91 Å². The highest BCUT2D eigenvalue weighted by molar-refractivity contribution is 5.94. The van der Waals surface area contributed by atoms with Crippen LogP contribution in [0, 0.1) is 11.7 Å². The summed E-state index contributed by atoms with van der Waals surface area (Å²) in [5.41, 5.74) is 1.15. The summed E-state index contributed by atoms with van der Waals surface area (Å²) in [6, 6.07) is 9.80. The van der Waals surface area contributed by atoms with E-state index in [0.717, 1.165) is 25.7 Å². The number of pyridine rings is 1. The maximum atomic E-state index is 13.3. The molecule has 1 fully saturated rings. The molecular formula is C21H25FN2O2. The molecule has 0 bridgehead atoms. The third-order valence-corrected chi connectivity index (χ3v) is 5.21. The third kappa shape index (κ3) is 4.47. The lowest BCUT2D eigenvalue weighted by atomic mass is 9.77. The molecule has 0 spiro atoms. The van der Waals surface area contributed by atoms with Gasteiger partial charge in [0.2, 0.25) is 0 Å². The Hall–Kier alpha value is -2.27. The Morgan fingerprint density at radius 3 is 2.50 bits per heavy atom. The second-order valence-electron chi connectivity index (χ2n) is 7.62. The summed E-state index contributed by atoms with van der Waals surface area (Å²) in [5, 5.41) is 13.2. The van der Waals surface area contributed by atoms with Gasteiger partial charge in [0.05, 0.1) is 16.9 Å². The number of hydrogen-bond acceptors (Lipinski definition) is 3. The fraction of sp³-hybridized carbons (Fsp3) is 0.429. The van der Waals surface area contributed by atoms with Gasteiger partial charge in [-0.15, -0.1) is 0 Å². The van der Waals surface area contributed by atoms with Gasteiger partial charge < -0.3 is 10.4 Å². The van der Waals surface area contributed by atoms with Crippen molar-refractivity contribution in [3.05, 3.63) is 54.0 Å². The first-order valence-corrected chi connectivity index (χ1v) is 9.08. The zero-order valence-corrected chi connectivity index (χ0v) is 15.2. The van der Waals surface area contributed by atoms with Crippen LogP contribution in [0.2, 0.25) is 0 Å². The number of aliphatic hydroxyl groups is 1. The fourth-order valence-corrected chi connectivity index (χ4v) is 3.56. The Labute approximate surface area is 153 Å². The number of nitrogens with zero attached hydrogens (tertiary/aromatic N) is 1. The molecule has 2 aromatic rings. The summed E-state index contributed by atoms with van der Waals surface area (Å²) in [6.45, 7) is 3.70. The Kier molecular flexibility index (Phi) is 5.37. The van der Waals surface area contributed by atoms with Crippen molar-refractivity contribution in [1.82, 2.24) is 10.3 Å². The minimum atomic E-state index is -0.661. The summed E-state index contributed by atoms with van der Waals surface area (Å²) in [4.78, 5) is 16.7. The zero-order valence-electron chi connectivity index (χ0n) is 15.2. The zero-order chi connectivity index (χ0) is 18.7. The van der Waals surface area contributed by atoms with Gasteiger partial charge in [-0.1, -0.05) is 12.1 Å². The predicted molar refractivity (Wildman–Crippen MR) is 99.1 cm³/mol. The maximum absolute atomic E-state index is 13.3. The average molecular weight is 356 g/mol. The van der Waals surface area contributed by atoms with E-state index in [0.29, 0.717) is 16.8 Å². The summed E-state index contributed by atoms with van der Waals surface area (Å²) in [7, 11) is 0. The van der Waals surface area contributed by atoms with Gasteiger partial charge in [-0.2, -0.15) is 0 Å². The lowest BCUT2D eigenvalue weighted by Crippen LogP contribution is -2.41. The van der Waals surface area contributed by atoms with Crippen LogP contribution in [0.5, 0.6) is 0 Å². The predicted octanol–water partition coefficient (Wildman–Crippen LogP) is 3.95. The maximum Gasteiger partial charge on any atom is 0.253 e. The molecule has 3 rings (SSSR count). The van der Waals surface area contributed by atoms with E-state index in [1.807, 2.05) is 13.8 Å². The van der Waals surface area contributed by atoms with Gasteiger partial charge >= 0.3 is 0 Å². The van der Waals surface area contributed by atoms with Crippen molar-refractivity contribution in [2.75, 3.05) is 0 Å². The van der Waals surface area contributed by atoms with Gasteiger partial charge in [-0.3, -0.25) is 9.78 Å². The van der Waals surface area contributed by atoms with E-state index in [1.54, 1.807) is 24.3 Å². The molecule has 4 nitrogen and oxygen atoms in total. The second-order valence-corrected chi connectivity index (χ2v) is 7.62. The van der Waals surface area contributed by atoms with Crippen molar-refractivity contribution in [1.29, 1.82) is 0 Å². The molecule has 1 aromatic heterocycles. The van der Waals surface area contributed by atoms with Gasteiger partial charge in [0.15, 0.2) is 0 Å². The lowest BCUT2D eigenvalue weighted by Gasteiger charge is -2.36. The molecule has 1 aromatic carbocycles. The topological polar surface area (TPSA) is 62.2 Å². The number of nitrogens with one attached hydrogen (secondary N) is 1. The van der Waals surface area contributed by atoms with Crippen LogP contribution in [-0.2, 0) is 0 Å². The molecule has 1 amide bonds. The van der Waals surface area contributed by atoms with E-state index in [-0.39, 0.29) is 23.7 Å². The van der Waals surface area contributed by atoms with Crippen molar-refractivity contribution in [2.45, 2.75) is 51.2 Å². The highest BCUT2D eigenvalue weighted by Gasteiger charge is 2.31. The molecule has 0 saturated heterocycles. The molecular weight excluding hydrogens is 331 g/mol. The van der Waals surface area contributed by atoms with E-state index >= 15 is 0 Å². The molecule has 2 N–H and O–H groups in total. The smallest absolute Gasteiger partial charge is 0.253 e. The minimum Gasteiger partial charge on any atom is -0.390 e. The Morgan fingerprint density at radius 1 is 1.19 bits per heavy atom.